The van der Waals surface area contributed by atoms with E-state index in [2.05, 4.69) is 127 Å². The molecule has 0 spiro atoms. The van der Waals surface area contributed by atoms with Gasteiger partial charge in [0.25, 0.3) is 0 Å². The number of benzene rings is 6. The first-order valence-electron chi connectivity index (χ1n) is 19.8. The largest absolute Gasteiger partial charge is 0.472 e. The number of nitrogens with zero attached hydrogens (tertiary/aromatic N) is 6. The maximum absolute atomic E-state index is 12.0. The second-order valence-electron chi connectivity index (χ2n) is 14.6. The molecule has 0 unspecified atom stereocenters. The molecule has 0 aliphatic carbocycles. The average Bonchev–Trinajstić information content (AvgIpc) is 3.79. The molecule has 7 aromatic rings. The van der Waals surface area contributed by atoms with Crippen LogP contribution in [0.2, 0.25) is 0 Å². The third kappa shape index (κ3) is 7.43. The number of ether oxygens (including phenoxy) is 2. The molecule has 0 atom stereocenters. The van der Waals surface area contributed by atoms with Crippen molar-refractivity contribution in [3.63, 3.8) is 0 Å². The predicted octanol–water partition coefficient (Wildman–Crippen LogP) is 11.4. The first-order chi connectivity index (χ1) is 29.0. The lowest BCUT2D eigenvalue weighted by Gasteiger charge is -2.45. The van der Waals surface area contributed by atoms with Gasteiger partial charge < -0.3 is 9.47 Å². The Kier molecular flexibility index (Phi) is 11.3. The molecule has 9 heteroatoms. The second kappa shape index (κ2) is 17.2. The summed E-state index contributed by atoms with van der Waals surface area (Å²) in [5.74, 6) is 0.946. The van der Waals surface area contributed by atoms with Crippen molar-refractivity contribution in [1.82, 2.24) is 9.97 Å². The Morgan fingerprint density at radius 1 is 0.644 bits per heavy atom. The minimum atomic E-state index is -1.30. The van der Waals surface area contributed by atoms with E-state index < -0.39 is 11.1 Å². The fraction of sp³-hybridized carbons (Fsp3) is 0.180. The van der Waals surface area contributed by atoms with Gasteiger partial charge in [0.2, 0.25) is 11.5 Å². The summed E-state index contributed by atoms with van der Waals surface area (Å²) in [6.45, 7) is 4.42. The van der Waals surface area contributed by atoms with Gasteiger partial charge in [0.05, 0.1) is 18.1 Å². The zero-order valence-electron chi connectivity index (χ0n) is 33.3. The Labute approximate surface area is 344 Å². The van der Waals surface area contributed by atoms with Crippen molar-refractivity contribution in [3.05, 3.63) is 220 Å². The molecule has 9 nitrogen and oxygen atoms in total. The molecule has 0 fully saturated rings. The van der Waals surface area contributed by atoms with Gasteiger partial charge in [0.1, 0.15) is 12.4 Å². The van der Waals surface area contributed by atoms with E-state index in [-0.39, 0.29) is 5.97 Å². The van der Waals surface area contributed by atoms with Crippen LogP contribution in [0.4, 0.5) is 0 Å². The van der Waals surface area contributed by atoms with E-state index in [0.29, 0.717) is 24.5 Å². The summed E-state index contributed by atoms with van der Waals surface area (Å²) in [4.78, 5) is 21.7. The van der Waals surface area contributed by atoms with E-state index in [1.807, 2.05) is 49.4 Å². The number of rotatable bonds is 14. The van der Waals surface area contributed by atoms with Crippen molar-refractivity contribution in [1.29, 1.82) is 0 Å². The van der Waals surface area contributed by atoms with Crippen LogP contribution < -0.4 is 4.74 Å². The zero-order valence-corrected chi connectivity index (χ0v) is 33.3. The van der Waals surface area contributed by atoms with E-state index in [9.17, 15) is 4.79 Å². The van der Waals surface area contributed by atoms with E-state index >= 15 is 0 Å². The Hall–Kier alpha value is -7.13. The first-order valence-corrected chi connectivity index (χ1v) is 19.8. The fourth-order valence-electron chi connectivity index (χ4n) is 8.15. The van der Waals surface area contributed by atoms with Crippen LogP contribution in [0.3, 0.4) is 0 Å². The van der Waals surface area contributed by atoms with Crippen LogP contribution in [0.25, 0.3) is 11.1 Å². The van der Waals surface area contributed by atoms with Gasteiger partial charge in [0.15, 0.2) is 0 Å². The summed E-state index contributed by atoms with van der Waals surface area (Å²) in [5, 5.41) is 18.6. The lowest BCUT2D eigenvalue weighted by molar-refractivity contribution is 0.0600. The molecule has 0 saturated carbocycles. The topological polar surface area (TPSA) is 111 Å². The summed E-state index contributed by atoms with van der Waals surface area (Å²) >= 11 is 0. The maximum Gasteiger partial charge on any atom is 0.337 e. The third-order valence-electron chi connectivity index (χ3n) is 11.0. The summed E-state index contributed by atoms with van der Waals surface area (Å²) in [6.07, 6.45) is 2.22. The number of esters is 1. The molecule has 1 aliphatic heterocycles. The lowest BCUT2D eigenvalue weighted by atomic mass is 9.59. The first kappa shape index (κ1) is 38.7. The van der Waals surface area contributed by atoms with Gasteiger partial charge in [-0.05, 0) is 74.9 Å². The normalized spacial score (nSPS) is 13.0. The van der Waals surface area contributed by atoms with Crippen molar-refractivity contribution in [2.24, 2.45) is 20.7 Å². The molecule has 0 radical (unpaired) electrons. The highest BCUT2D eigenvalue weighted by atomic mass is 16.5. The smallest absolute Gasteiger partial charge is 0.337 e. The van der Waals surface area contributed by atoms with Crippen LogP contribution in [0.15, 0.2) is 184 Å². The molecule has 0 saturated heterocycles. The number of aromatic nitrogens is 2. The molecule has 1 aromatic heterocycles. The van der Waals surface area contributed by atoms with Crippen LogP contribution in [0, 0.1) is 6.92 Å². The zero-order chi connectivity index (χ0) is 40.7. The maximum atomic E-state index is 12.0. The van der Waals surface area contributed by atoms with Crippen LogP contribution >= 0.6 is 0 Å². The number of carbonyl (C=O) groups excluding carboxylic acids is 1. The van der Waals surface area contributed by atoms with Gasteiger partial charge in [0, 0.05) is 29.7 Å². The Balaban J connectivity index is 1.16. The van der Waals surface area contributed by atoms with E-state index in [4.69, 9.17) is 29.7 Å². The van der Waals surface area contributed by atoms with Crippen LogP contribution in [0.5, 0.6) is 5.88 Å². The van der Waals surface area contributed by atoms with E-state index in [0.717, 1.165) is 74.4 Å². The number of carbonyl (C=O) groups is 1. The molecule has 59 heavy (non-hydrogen) atoms. The van der Waals surface area contributed by atoms with Crippen molar-refractivity contribution in [3.8, 4) is 17.0 Å². The number of hydrogen-bond donors (Lipinski definition) is 0. The molecule has 292 valence electrons. The van der Waals surface area contributed by atoms with Crippen LogP contribution in [-0.2, 0) is 35.3 Å². The highest BCUT2D eigenvalue weighted by molar-refractivity contribution is 5.89. The molecular weight excluding hydrogens is 733 g/mol. The predicted molar refractivity (Wildman–Crippen MR) is 228 cm³/mol. The summed E-state index contributed by atoms with van der Waals surface area (Å²) in [5.41, 5.74) is 7.88. The number of methoxy groups -OCH3 is 1. The Bertz CT molecular complexity index is 2490. The van der Waals surface area contributed by atoms with Crippen molar-refractivity contribution in [2.45, 2.75) is 50.8 Å². The number of aryl methyl sites for hydroxylation is 2. The average molecular weight is 777 g/mol. The molecular formula is C50H44N6O3. The molecule has 0 bridgehead atoms. The van der Waals surface area contributed by atoms with Gasteiger partial charge in [-0.3, -0.25) is 0 Å². The second-order valence-corrected chi connectivity index (χ2v) is 14.6. The van der Waals surface area contributed by atoms with Gasteiger partial charge in [-0.25, -0.2) is 9.78 Å². The number of hydrogen-bond acceptors (Lipinski definition) is 9. The quantitative estimate of drug-likeness (QED) is 0.0806. The Morgan fingerprint density at radius 2 is 1.19 bits per heavy atom. The summed E-state index contributed by atoms with van der Waals surface area (Å²) < 4.78 is 11.4. The monoisotopic (exact) mass is 776 g/mol. The standard InChI is InChI=1S/C50H44N6O3/c1-4-16-46-51-35(2)44(33-36-25-31-39(32-26-36)48(57)58-3)47(52-46)59-34-37-27-29-38(30-28-37)43-23-14-15-24-45(43)50(53-55-56-54-50)49(40-17-8-5-9-18-40,41-19-10-6-11-20-41)42-21-12-7-13-22-42/h5-15,17-32H,4,16,33-34H2,1-3H3. The van der Waals surface area contributed by atoms with Crippen molar-refractivity contribution in [2.75, 3.05) is 7.11 Å². The van der Waals surface area contributed by atoms with E-state index in [1.165, 1.54) is 7.11 Å². The molecule has 0 N–H and O–H groups in total. The Morgan fingerprint density at radius 3 is 1.75 bits per heavy atom. The minimum Gasteiger partial charge on any atom is -0.472 e. The van der Waals surface area contributed by atoms with Gasteiger partial charge in [-0.2, -0.15) is 4.98 Å². The molecule has 6 aromatic carbocycles. The minimum absolute atomic E-state index is 0.309. The van der Waals surface area contributed by atoms with Gasteiger partial charge in [-0.1, -0.05) is 159 Å². The SMILES string of the molecule is CCCc1nc(C)c(Cc2ccc(C(=O)OC)cc2)c(OCc2ccc(-c3ccccc3C3(C(c4ccccc4)(c4ccccc4)c4ccccc4)N=NN=N3)cc2)n1. The van der Waals surface area contributed by atoms with Crippen LogP contribution in [0.1, 0.15) is 74.2 Å². The highest BCUT2D eigenvalue weighted by Gasteiger charge is 2.60. The van der Waals surface area contributed by atoms with Gasteiger partial charge >= 0.3 is 5.97 Å². The molecule has 8 rings (SSSR count). The fourth-order valence-corrected chi connectivity index (χ4v) is 8.15. The van der Waals surface area contributed by atoms with Gasteiger partial charge in [-0.15, -0.1) is 10.2 Å². The summed E-state index contributed by atoms with van der Waals surface area (Å²) in [6, 6.07) is 55.3. The van der Waals surface area contributed by atoms with E-state index in [1.54, 1.807) is 12.1 Å². The molecule has 1 aliphatic rings. The summed E-state index contributed by atoms with van der Waals surface area (Å²) in [7, 11) is 1.38. The molecule has 2 heterocycles. The molecule has 0 amide bonds. The van der Waals surface area contributed by atoms with Crippen LogP contribution in [-0.4, -0.2) is 23.0 Å². The third-order valence-corrected chi connectivity index (χ3v) is 11.0. The lowest BCUT2D eigenvalue weighted by Crippen LogP contribution is -2.48. The van der Waals surface area contributed by atoms with Crippen molar-refractivity contribution >= 4 is 5.97 Å². The highest BCUT2D eigenvalue weighted by Crippen LogP contribution is 2.58. The van der Waals surface area contributed by atoms with Crippen molar-refractivity contribution < 1.29 is 14.3 Å².